The molecule has 1 aromatic rings. The van der Waals surface area contributed by atoms with E-state index in [0.29, 0.717) is 13.0 Å². The number of nitrogens with zero attached hydrogens (tertiary/aromatic N) is 1. The molecule has 0 aliphatic carbocycles. The molecule has 1 aliphatic rings. The van der Waals surface area contributed by atoms with E-state index < -0.39 is 9.84 Å². The smallest absolute Gasteiger partial charge is 0.246 e. The molecule has 1 aromatic carbocycles. The van der Waals surface area contributed by atoms with Gasteiger partial charge in [-0.05, 0) is 30.2 Å². The lowest BCUT2D eigenvalue weighted by atomic mass is 10.1. The molecular weight excluding hydrogens is 290 g/mol. The van der Waals surface area contributed by atoms with Gasteiger partial charge in [-0.25, -0.2) is 8.42 Å². The summed E-state index contributed by atoms with van der Waals surface area (Å²) >= 11 is 0. The summed E-state index contributed by atoms with van der Waals surface area (Å²) in [7, 11) is -1.44. The monoisotopic (exact) mass is 309 g/mol. The number of amides is 1. The van der Waals surface area contributed by atoms with Gasteiger partial charge in [0.15, 0.2) is 9.84 Å². The van der Waals surface area contributed by atoms with Crippen LogP contribution in [0.3, 0.4) is 0 Å². The van der Waals surface area contributed by atoms with Crippen LogP contribution in [-0.2, 0) is 21.2 Å². The Kier molecular flexibility index (Phi) is 4.67. The van der Waals surface area contributed by atoms with Gasteiger partial charge in [-0.2, -0.15) is 0 Å². The molecule has 6 heteroatoms. The Bertz CT molecular complexity index is 622. The molecule has 1 atom stereocenters. The summed E-state index contributed by atoms with van der Waals surface area (Å²) in [6.45, 7) is 3.87. The highest BCUT2D eigenvalue weighted by molar-refractivity contribution is 7.91. The van der Waals surface area contributed by atoms with Gasteiger partial charge in [0.2, 0.25) is 5.91 Å². The number of rotatable bonds is 5. The fourth-order valence-corrected chi connectivity index (χ4v) is 4.18. The Labute approximate surface area is 125 Å². The molecule has 1 saturated heterocycles. The van der Waals surface area contributed by atoms with Crippen LogP contribution in [0.2, 0.25) is 0 Å². The van der Waals surface area contributed by atoms with E-state index in [1.54, 1.807) is 12.0 Å². The van der Waals surface area contributed by atoms with Crippen LogP contribution in [0.15, 0.2) is 36.9 Å². The lowest BCUT2D eigenvalue weighted by molar-refractivity contribution is -0.128. The van der Waals surface area contributed by atoms with E-state index in [9.17, 15) is 13.2 Å². The highest BCUT2D eigenvalue weighted by Gasteiger charge is 2.33. The summed E-state index contributed by atoms with van der Waals surface area (Å²) in [5.74, 6) is 0.668. The van der Waals surface area contributed by atoms with E-state index >= 15 is 0 Å². The van der Waals surface area contributed by atoms with Crippen molar-refractivity contribution in [3.05, 3.63) is 42.5 Å². The van der Waals surface area contributed by atoms with Crippen molar-refractivity contribution in [3.8, 4) is 5.75 Å². The standard InChI is InChI=1S/C15H19NO4S/c1-3-15(17)16(13-8-9-21(18,19)11-13)10-12-4-6-14(20-2)7-5-12/h3-7,13H,1,8-11H2,2H3. The molecule has 1 heterocycles. The van der Waals surface area contributed by atoms with Crippen LogP contribution >= 0.6 is 0 Å². The van der Waals surface area contributed by atoms with E-state index in [-0.39, 0.29) is 23.5 Å². The second-order valence-corrected chi connectivity index (χ2v) is 7.30. The van der Waals surface area contributed by atoms with Gasteiger partial charge in [-0.3, -0.25) is 4.79 Å². The third kappa shape index (κ3) is 3.85. The molecule has 0 bridgehead atoms. The van der Waals surface area contributed by atoms with Gasteiger partial charge < -0.3 is 9.64 Å². The van der Waals surface area contributed by atoms with Gasteiger partial charge in [0.05, 0.1) is 18.6 Å². The highest BCUT2D eigenvalue weighted by atomic mass is 32.2. The normalized spacial score (nSPS) is 20.0. The minimum Gasteiger partial charge on any atom is -0.497 e. The van der Waals surface area contributed by atoms with Crippen LogP contribution in [0.4, 0.5) is 0 Å². The maximum absolute atomic E-state index is 12.0. The number of benzene rings is 1. The fraction of sp³-hybridized carbons (Fsp3) is 0.400. The average molecular weight is 309 g/mol. The summed E-state index contributed by atoms with van der Waals surface area (Å²) in [5, 5.41) is 0. The first-order valence-corrected chi connectivity index (χ1v) is 8.53. The highest BCUT2D eigenvalue weighted by Crippen LogP contribution is 2.21. The molecule has 1 amide bonds. The summed E-state index contributed by atoms with van der Waals surface area (Å²) in [6, 6.07) is 7.09. The average Bonchev–Trinajstić information content (AvgIpc) is 2.84. The molecule has 1 aliphatic heterocycles. The fourth-order valence-electron chi connectivity index (χ4n) is 2.45. The molecule has 1 unspecified atom stereocenters. The zero-order valence-corrected chi connectivity index (χ0v) is 12.8. The van der Waals surface area contributed by atoms with E-state index in [1.807, 2.05) is 24.3 Å². The molecule has 114 valence electrons. The van der Waals surface area contributed by atoms with Crippen molar-refractivity contribution in [2.45, 2.75) is 19.0 Å². The van der Waals surface area contributed by atoms with Gasteiger partial charge in [-0.15, -0.1) is 0 Å². The molecule has 1 fully saturated rings. The number of hydrogen-bond donors (Lipinski definition) is 0. The maximum atomic E-state index is 12.0. The second-order valence-electron chi connectivity index (χ2n) is 5.08. The molecule has 0 N–H and O–H groups in total. The predicted molar refractivity (Wildman–Crippen MR) is 80.8 cm³/mol. The molecule has 0 saturated carbocycles. The maximum Gasteiger partial charge on any atom is 0.246 e. The first-order chi connectivity index (χ1) is 9.95. The second kappa shape index (κ2) is 6.30. The Morgan fingerprint density at radius 1 is 1.43 bits per heavy atom. The summed E-state index contributed by atoms with van der Waals surface area (Å²) < 4.78 is 28.3. The lowest BCUT2D eigenvalue weighted by Crippen LogP contribution is -2.39. The van der Waals surface area contributed by atoms with Gasteiger partial charge >= 0.3 is 0 Å². The van der Waals surface area contributed by atoms with Crippen molar-refractivity contribution >= 4 is 15.7 Å². The van der Waals surface area contributed by atoms with Crippen LogP contribution in [0, 0.1) is 0 Å². The van der Waals surface area contributed by atoms with Crippen molar-refractivity contribution in [2.24, 2.45) is 0 Å². The van der Waals surface area contributed by atoms with E-state index in [0.717, 1.165) is 11.3 Å². The summed E-state index contributed by atoms with van der Waals surface area (Å²) in [5.41, 5.74) is 0.926. The number of methoxy groups -OCH3 is 1. The molecular formula is C15H19NO4S. The van der Waals surface area contributed by atoms with Crippen molar-refractivity contribution in [1.82, 2.24) is 4.90 Å². The van der Waals surface area contributed by atoms with E-state index in [2.05, 4.69) is 6.58 Å². The van der Waals surface area contributed by atoms with Gasteiger partial charge in [0, 0.05) is 12.6 Å². The topological polar surface area (TPSA) is 63.7 Å². The zero-order valence-electron chi connectivity index (χ0n) is 12.0. The number of sulfone groups is 1. The summed E-state index contributed by atoms with van der Waals surface area (Å²) in [6.07, 6.45) is 1.71. The van der Waals surface area contributed by atoms with Gasteiger partial charge in [-0.1, -0.05) is 18.7 Å². The van der Waals surface area contributed by atoms with Crippen molar-refractivity contribution in [3.63, 3.8) is 0 Å². The van der Waals surface area contributed by atoms with Crippen molar-refractivity contribution < 1.29 is 17.9 Å². The lowest BCUT2D eigenvalue weighted by Gasteiger charge is -2.27. The zero-order chi connectivity index (χ0) is 15.5. The number of ether oxygens (including phenoxy) is 1. The van der Waals surface area contributed by atoms with Gasteiger partial charge in [0.1, 0.15) is 5.75 Å². The Balaban J connectivity index is 2.16. The molecule has 2 rings (SSSR count). The first-order valence-electron chi connectivity index (χ1n) is 6.71. The van der Waals surface area contributed by atoms with Crippen LogP contribution in [-0.4, -0.2) is 43.9 Å². The van der Waals surface area contributed by atoms with Crippen LogP contribution in [0.1, 0.15) is 12.0 Å². The quantitative estimate of drug-likeness (QED) is 0.771. The van der Waals surface area contributed by atoms with Crippen molar-refractivity contribution in [1.29, 1.82) is 0 Å². The van der Waals surface area contributed by atoms with Crippen LogP contribution < -0.4 is 4.74 Å². The minimum absolute atomic E-state index is 0.0305. The van der Waals surface area contributed by atoms with Crippen molar-refractivity contribution in [2.75, 3.05) is 18.6 Å². The Morgan fingerprint density at radius 3 is 2.57 bits per heavy atom. The molecule has 0 spiro atoms. The molecule has 0 aromatic heterocycles. The van der Waals surface area contributed by atoms with Crippen LogP contribution in [0.5, 0.6) is 5.75 Å². The van der Waals surface area contributed by atoms with Gasteiger partial charge in [0.25, 0.3) is 0 Å². The molecule has 21 heavy (non-hydrogen) atoms. The minimum atomic E-state index is -3.03. The third-order valence-corrected chi connectivity index (χ3v) is 5.37. The summed E-state index contributed by atoms with van der Waals surface area (Å²) in [4.78, 5) is 13.6. The third-order valence-electron chi connectivity index (χ3n) is 3.62. The Morgan fingerprint density at radius 2 is 2.10 bits per heavy atom. The molecule has 5 nitrogen and oxygen atoms in total. The Hall–Kier alpha value is -1.82. The predicted octanol–water partition coefficient (Wildman–Crippen LogP) is 1.40. The van der Waals surface area contributed by atoms with E-state index in [1.165, 1.54) is 6.08 Å². The largest absolute Gasteiger partial charge is 0.497 e. The number of carbonyl (C=O) groups excluding carboxylic acids is 1. The number of hydrogen-bond acceptors (Lipinski definition) is 4. The number of carbonyl (C=O) groups is 1. The molecule has 0 radical (unpaired) electrons. The van der Waals surface area contributed by atoms with Crippen LogP contribution in [0.25, 0.3) is 0 Å². The first kappa shape index (κ1) is 15.6. The SMILES string of the molecule is C=CC(=O)N(Cc1ccc(OC)cc1)C1CCS(=O)(=O)C1. The van der Waals surface area contributed by atoms with E-state index in [4.69, 9.17) is 4.74 Å².